The van der Waals surface area contributed by atoms with E-state index in [-0.39, 0.29) is 36.2 Å². The number of allylic oxidation sites excluding steroid dienone is 18. The third-order valence-electron chi connectivity index (χ3n) is 9.92. The molecule has 1 N–H and O–H groups in total. The second-order valence-electron chi connectivity index (χ2n) is 16.6. The number of unbranched alkanes of at least 4 members (excludes halogenated alkanes) is 9. The Labute approximate surface area is 378 Å². The van der Waals surface area contributed by atoms with Crippen LogP contribution < -0.4 is 0 Å². The molecule has 0 bridgehead atoms. The van der Waals surface area contributed by atoms with Crippen LogP contribution in [0.3, 0.4) is 0 Å². The highest BCUT2D eigenvalue weighted by Gasteiger charge is 2.31. The smallest absolute Gasteiger partial charge is 0.362 e. The van der Waals surface area contributed by atoms with Crippen molar-refractivity contribution in [2.45, 2.75) is 174 Å². The summed E-state index contributed by atoms with van der Waals surface area (Å²) in [7, 11) is 5.50. The van der Waals surface area contributed by atoms with Crippen LogP contribution in [0.25, 0.3) is 0 Å². The van der Waals surface area contributed by atoms with E-state index in [9.17, 15) is 19.5 Å². The minimum Gasteiger partial charge on any atom is -0.477 e. The van der Waals surface area contributed by atoms with Crippen molar-refractivity contribution in [2.75, 3.05) is 41.0 Å². The summed E-state index contributed by atoms with van der Waals surface area (Å²) in [4.78, 5) is 37.1. The topological polar surface area (TPSA) is 99.1 Å². The molecule has 0 saturated carbocycles. The Bertz CT molecular complexity index is 1370. The fraction of sp³-hybridized carbons (Fsp3) is 0.611. The summed E-state index contributed by atoms with van der Waals surface area (Å²) < 4.78 is 17.3. The van der Waals surface area contributed by atoms with E-state index in [2.05, 4.69) is 123 Å². The van der Waals surface area contributed by atoms with Crippen LogP contribution in [0.5, 0.6) is 0 Å². The van der Waals surface area contributed by atoms with E-state index in [1.54, 1.807) is 0 Å². The number of aliphatic carboxylic acids is 1. The lowest BCUT2D eigenvalue weighted by Gasteiger charge is -2.31. The van der Waals surface area contributed by atoms with Crippen molar-refractivity contribution >= 4 is 17.9 Å². The molecule has 0 heterocycles. The number of ether oxygens (including phenoxy) is 3. The Morgan fingerprint density at radius 2 is 0.855 bits per heavy atom. The Balaban J connectivity index is 4.40. The maximum atomic E-state index is 12.8. The lowest BCUT2D eigenvalue weighted by Crippen LogP contribution is -2.50. The van der Waals surface area contributed by atoms with E-state index in [0.29, 0.717) is 19.3 Å². The molecule has 0 aliphatic heterocycles. The molecule has 2 unspecified atom stereocenters. The lowest BCUT2D eigenvalue weighted by molar-refractivity contribution is -0.887. The first-order valence-corrected chi connectivity index (χ1v) is 23.9. The highest BCUT2D eigenvalue weighted by atomic mass is 16.6. The Kier molecular flexibility index (Phi) is 40.8. The molecule has 0 fully saturated rings. The van der Waals surface area contributed by atoms with Gasteiger partial charge in [0.25, 0.3) is 0 Å². The molecule has 0 aliphatic rings. The van der Waals surface area contributed by atoms with E-state index in [0.717, 1.165) is 116 Å². The average Bonchev–Trinajstić information content (AvgIpc) is 3.23. The van der Waals surface area contributed by atoms with Crippen LogP contribution in [-0.4, -0.2) is 80.6 Å². The number of hydrogen-bond donors (Lipinski definition) is 1. The molecule has 0 radical (unpaired) electrons. The van der Waals surface area contributed by atoms with Gasteiger partial charge in [0.15, 0.2) is 12.1 Å². The number of carboxylic acids is 1. The zero-order chi connectivity index (χ0) is 45.6. The molecule has 0 aliphatic carbocycles. The molecule has 0 aromatic heterocycles. The molecule has 0 aromatic rings. The van der Waals surface area contributed by atoms with Gasteiger partial charge in [0.05, 0.1) is 34.4 Å². The van der Waals surface area contributed by atoms with E-state index in [1.165, 1.54) is 12.8 Å². The van der Waals surface area contributed by atoms with Crippen molar-refractivity contribution in [1.82, 2.24) is 0 Å². The largest absolute Gasteiger partial charge is 0.477 e. The second-order valence-corrected chi connectivity index (χ2v) is 16.6. The fourth-order valence-corrected chi connectivity index (χ4v) is 6.28. The SMILES string of the molecule is CC/C=C/C/C=C/C/C=C/C/C=C/C/C=C/C/C=C/CCCCCC(=O)OCC(COCCC(C(=O)O)[N+](C)(C)C)OC(=O)CCCCCCCC/C=C/C/C=C/C/C=C/CC. The van der Waals surface area contributed by atoms with Crippen molar-refractivity contribution in [1.29, 1.82) is 0 Å². The number of nitrogens with zero attached hydrogens (tertiary/aromatic N) is 1. The van der Waals surface area contributed by atoms with Gasteiger partial charge in [-0.2, -0.15) is 0 Å². The van der Waals surface area contributed by atoms with Gasteiger partial charge in [-0.1, -0.05) is 155 Å². The van der Waals surface area contributed by atoms with E-state index >= 15 is 0 Å². The predicted octanol–water partition coefficient (Wildman–Crippen LogP) is 13.6. The van der Waals surface area contributed by atoms with Crippen LogP contribution in [-0.2, 0) is 28.6 Å². The first kappa shape index (κ1) is 58.0. The van der Waals surface area contributed by atoms with Gasteiger partial charge in [-0.25, -0.2) is 4.79 Å². The van der Waals surface area contributed by atoms with Gasteiger partial charge in [-0.3, -0.25) is 9.59 Å². The monoisotopic (exact) mass is 863 g/mol. The normalized spacial score (nSPS) is 13.9. The molecule has 2 atom stereocenters. The van der Waals surface area contributed by atoms with Gasteiger partial charge < -0.3 is 23.8 Å². The zero-order valence-corrected chi connectivity index (χ0v) is 39.8. The Hall–Kier alpha value is -4.01. The quantitative estimate of drug-likeness (QED) is 0.0283. The minimum absolute atomic E-state index is 0.0372. The summed E-state index contributed by atoms with van der Waals surface area (Å²) >= 11 is 0. The lowest BCUT2D eigenvalue weighted by atomic mass is 10.1. The van der Waals surface area contributed by atoms with Gasteiger partial charge >= 0.3 is 17.9 Å². The second kappa shape index (κ2) is 43.6. The van der Waals surface area contributed by atoms with Gasteiger partial charge in [-0.05, 0) is 96.3 Å². The fourth-order valence-electron chi connectivity index (χ4n) is 6.28. The average molecular weight is 863 g/mol. The molecular formula is C54H88NO7+. The van der Waals surface area contributed by atoms with Crippen LogP contribution >= 0.6 is 0 Å². The Morgan fingerprint density at radius 3 is 1.27 bits per heavy atom. The summed E-state index contributed by atoms with van der Waals surface area (Å²) in [6, 6.07) is -0.630. The number of hydrogen-bond acceptors (Lipinski definition) is 6. The number of esters is 2. The zero-order valence-electron chi connectivity index (χ0n) is 39.8. The number of rotatable bonds is 41. The first-order chi connectivity index (χ1) is 30.1. The van der Waals surface area contributed by atoms with Crippen LogP contribution in [0.1, 0.15) is 162 Å². The third-order valence-corrected chi connectivity index (χ3v) is 9.92. The van der Waals surface area contributed by atoms with E-state index < -0.39 is 18.1 Å². The van der Waals surface area contributed by atoms with Gasteiger partial charge in [0.1, 0.15) is 6.61 Å². The van der Waals surface area contributed by atoms with Gasteiger partial charge in [0, 0.05) is 19.3 Å². The predicted molar refractivity (Wildman–Crippen MR) is 261 cm³/mol. The number of carbonyl (C=O) groups excluding carboxylic acids is 2. The molecular weight excluding hydrogens is 775 g/mol. The molecule has 0 saturated heterocycles. The van der Waals surface area contributed by atoms with Crippen molar-refractivity contribution < 1.29 is 38.2 Å². The Morgan fingerprint density at radius 1 is 0.484 bits per heavy atom. The van der Waals surface area contributed by atoms with Crippen LogP contribution in [0, 0.1) is 0 Å². The molecule has 0 rings (SSSR count). The van der Waals surface area contributed by atoms with Gasteiger partial charge in [0.2, 0.25) is 0 Å². The van der Waals surface area contributed by atoms with Crippen molar-refractivity contribution in [3.63, 3.8) is 0 Å². The van der Waals surface area contributed by atoms with Crippen LogP contribution in [0.15, 0.2) is 109 Å². The molecule has 350 valence electrons. The van der Waals surface area contributed by atoms with E-state index in [4.69, 9.17) is 14.2 Å². The summed E-state index contributed by atoms with van der Waals surface area (Å²) in [6.07, 6.45) is 59.9. The van der Waals surface area contributed by atoms with E-state index in [1.807, 2.05) is 21.1 Å². The highest BCUT2D eigenvalue weighted by Crippen LogP contribution is 2.13. The van der Waals surface area contributed by atoms with Crippen molar-refractivity contribution in [3.8, 4) is 0 Å². The summed E-state index contributed by atoms with van der Waals surface area (Å²) in [6.45, 7) is 4.44. The molecule has 8 heteroatoms. The highest BCUT2D eigenvalue weighted by molar-refractivity contribution is 5.72. The summed E-state index contributed by atoms with van der Waals surface area (Å²) in [5, 5.41) is 9.64. The number of carboxylic acid groups (broad SMARTS) is 1. The molecule has 0 amide bonds. The number of quaternary nitrogens is 1. The standard InChI is InChI=1S/C54H87NO7/c1-6-8-10-12-14-16-18-20-22-24-25-26-27-28-29-31-32-34-36-38-40-42-44-52(56)61-49-50(48-60-47-46-51(54(58)59)55(3,4)5)62-53(57)45-43-41-39-37-35-33-30-23-21-19-17-15-13-11-9-7-2/h8-11,14-17,20-23,25-26,28-29,32,34,50-51H,6-7,12-13,18-19,24,27,30-31,33,35-49H2,1-5H3/p+1/b10-8+,11-9+,16-14+,17-15+,22-20+,23-21+,26-25+,29-28+,34-32+. The van der Waals surface area contributed by atoms with Crippen molar-refractivity contribution in [3.05, 3.63) is 109 Å². The number of carbonyl (C=O) groups is 3. The molecule has 62 heavy (non-hydrogen) atoms. The minimum atomic E-state index is -0.887. The summed E-state index contributed by atoms with van der Waals surface area (Å²) in [5.41, 5.74) is 0. The third kappa shape index (κ3) is 41.3. The van der Waals surface area contributed by atoms with Crippen LogP contribution in [0.2, 0.25) is 0 Å². The van der Waals surface area contributed by atoms with Crippen LogP contribution in [0.4, 0.5) is 0 Å². The molecule has 0 aromatic carbocycles. The molecule has 8 nitrogen and oxygen atoms in total. The number of likely N-dealkylation sites (N-methyl/N-ethyl adjacent to an activating group) is 1. The molecule has 0 spiro atoms. The maximum Gasteiger partial charge on any atom is 0.362 e. The van der Waals surface area contributed by atoms with Crippen molar-refractivity contribution in [2.24, 2.45) is 0 Å². The first-order valence-electron chi connectivity index (χ1n) is 23.9. The van der Waals surface area contributed by atoms with Gasteiger partial charge in [-0.15, -0.1) is 0 Å². The maximum absolute atomic E-state index is 12.8. The summed E-state index contributed by atoms with van der Waals surface area (Å²) in [5.74, 6) is -1.54.